The first-order valence-corrected chi connectivity index (χ1v) is 16.1. The summed E-state index contributed by atoms with van der Waals surface area (Å²) in [5.74, 6) is 1.12. The van der Waals surface area contributed by atoms with Crippen molar-refractivity contribution in [2.24, 2.45) is 5.73 Å². The molecule has 0 spiro atoms. The number of carbonyl (C=O) groups excluding carboxylic acids is 1. The average molecular weight is 686 g/mol. The van der Waals surface area contributed by atoms with Gasteiger partial charge in [-0.1, -0.05) is 41.9 Å². The highest BCUT2D eigenvalue weighted by Crippen LogP contribution is 2.35. The number of benzene rings is 3. The number of amides is 1. The molecule has 0 saturated carbocycles. The van der Waals surface area contributed by atoms with Gasteiger partial charge in [0.25, 0.3) is 12.4 Å². The summed E-state index contributed by atoms with van der Waals surface area (Å²) in [5.41, 5.74) is 13.5. The maximum absolute atomic E-state index is 13.3. The van der Waals surface area contributed by atoms with Crippen molar-refractivity contribution in [3.8, 4) is 28.7 Å². The van der Waals surface area contributed by atoms with Gasteiger partial charge >= 0.3 is 0 Å². The number of carbonyl (C=O) groups is 2. The van der Waals surface area contributed by atoms with Crippen LogP contribution in [0.4, 0.5) is 0 Å². The molecule has 0 aliphatic carbocycles. The van der Waals surface area contributed by atoms with Crippen molar-refractivity contribution in [1.29, 1.82) is 5.26 Å². The number of rotatable bonds is 12. The summed E-state index contributed by atoms with van der Waals surface area (Å²) in [6.07, 6.45) is 3.19. The molecular formula is C37H40ClN5O6. The van der Waals surface area contributed by atoms with Gasteiger partial charge in [0.05, 0.1) is 23.8 Å². The second kappa shape index (κ2) is 18.5. The maximum atomic E-state index is 13.3. The van der Waals surface area contributed by atoms with Crippen molar-refractivity contribution >= 4 is 24.0 Å². The van der Waals surface area contributed by atoms with E-state index in [0.717, 1.165) is 38.9 Å². The van der Waals surface area contributed by atoms with E-state index in [0.29, 0.717) is 73.6 Å². The normalized spacial score (nSPS) is 12.3. The molecule has 1 aromatic heterocycles. The molecule has 3 aromatic carbocycles. The Morgan fingerprint density at radius 3 is 2.45 bits per heavy atom. The lowest BCUT2D eigenvalue weighted by molar-refractivity contribution is -0.122. The van der Waals surface area contributed by atoms with Crippen molar-refractivity contribution in [2.45, 2.75) is 33.6 Å². The minimum Gasteiger partial charge on any atom is -0.488 e. The Labute approximate surface area is 291 Å². The third-order valence-electron chi connectivity index (χ3n) is 8.05. The van der Waals surface area contributed by atoms with E-state index in [4.69, 9.17) is 41.4 Å². The highest BCUT2D eigenvalue weighted by Gasteiger charge is 2.22. The van der Waals surface area contributed by atoms with Gasteiger partial charge in [-0.3, -0.25) is 14.6 Å². The molecule has 256 valence electrons. The van der Waals surface area contributed by atoms with Crippen molar-refractivity contribution in [3.05, 3.63) is 111 Å². The number of ether oxygens (including phenoxy) is 3. The molecule has 0 bridgehead atoms. The van der Waals surface area contributed by atoms with Gasteiger partial charge in [0.2, 0.25) is 0 Å². The van der Waals surface area contributed by atoms with Crippen molar-refractivity contribution < 1.29 is 28.9 Å². The number of halogens is 1. The van der Waals surface area contributed by atoms with Crippen molar-refractivity contribution in [2.75, 3.05) is 39.4 Å². The quantitative estimate of drug-likeness (QED) is 0.132. The van der Waals surface area contributed by atoms with E-state index in [-0.39, 0.29) is 25.6 Å². The highest BCUT2D eigenvalue weighted by atomic mass is 35.5. The number of nitriles is 1. The molecule has 1 saturated heterocycles. The molecule has 1 aliphatic heterocycles. The van der Waals surface area contributed by atoms with Gasteiger partial charge in [0.15, 0.2) is 0 Å². The summed E-state index contributed by atoms with van der Waals surface area (Å²) >= 11 is 6.71. The molecule has 49 heavy (non-hydrogen) atoms. The molecule has 1 amide bonds. The van der Waals surface area contributed by atoms with E-state index < -0.39 is 0 Å². The first-order valence-electron chi connectivity index (χ1n) is 15.8. The lowest BCUT2D eigenvalue weighted by Gasteiger charge is -2.27. The number of nitrogens with zero attached hydrogens (tertiary/aromatic N) is 3. The van der Waals surface area contributed by atoms with Gasteiger partial charge in [-0.05, 0) is 59.9 Å². The van der Waals surface area contributed by atoms with Crippen LogP contribution in [0, 0.1) is 25.2 Å². The largest absolute Gasteiger partial charge is 0.488 e. The van der Waals surface area contributed by atoms with Gasteiger partial charge in [-0.15, -0.1) is 0 Å². The van der Waals surface area contributed by atoms with E-state index in [1.165, 1.54) is 6.20 Å². The number of morpholine rings is 1. The minimum absolute atomic E-state index is 0.0307. The first kappa shape index (κ1) is 36.8. The molecule has 5 rings (SSSR count). The third kappa shape index (κ3) is 9.78. The lowest BCUT2D eigenvalue weighted by atomic mass is 9.91. The molecular weight excluding hydrogens is 646 g/mol. The third-order valence-corrected chi connectivity index (χ3v) is 8.35. The van der Waals surface area contributed by atoms with Crippen molar-refractivity contribution in [3.63, 3.8) is 0 Å². The zero-order valence-electron chi connectivity index (χ0n) is 27.6. The monoisotopic (exact) mass is 685 g/mol. The summed E-state index contributed by atoms with van der Waals surface area (Å²) < 4.78 is 17.9. The Kier molecular flexibility index (Phi) is 13.9. The maximum Gasteiger partial charge on any atom is 0.290 e. The number of hydrogen-bond donors (Lipinski definition) is 3. The second-order valence-electron chi connectivity index (χ2n) is 11.2. The fourth-order valence-corrected chi connectivity index (χ4v) is 5.70. The van der Waals surface area contributed by atoms with Crippen LogP contribution in [0.2, 0.25) is 5.02 Å². The van der Waals surface area contributed by atoms with E-state index in [2.05, 4.69) is 35.4 Å². The van der Waals surface area contributed by atoms with Crippen LogP contribution >= 0.6 is 11.6 Å². The second-order valence-corrected chi connectivity index (χ2v) is 11.6. The molecule has 0 radical (unpaired) electrons. The SMILES string of the molecule is Cc1c(COc2cc(OCc3cncc(C#N)c3)c(CNCCN)cc2Cl)cccc1-c1cccc(C(=O)N2CCOCC2)c1C.O=CO. The predicted molar refractivity (Wildman–Crippen MR) is 187 cm³/mol. The predicted octanol–water partition coefficient (Wildman–Crippen LogP) is 5.27. The van der Waals surface area contributed by atoms with E-state index in [1.54, 1.807) is 18.3 Å². The van der Waals surface area contributed by atoms with Crippen LogP contribution in [0.1, 0.15) is 43.7 Å². The number of nitrogens with two attached hydrogens (primary N) is 1. The summed E-state index contributed by atoms with van der Waals surface area (Å²) in [6.45, 7) is 8.30. The van der Waals surface area contributed by atoms with Crippen LogP contribution in [0.25, 0.3) is 11.1 Å². The molecule has 0 atom stereocenters. The number of pyridine rings is 1. The molecule has 11 nitrogen and oxygen atoms in total. The Bertz CT molecular complexity index is 1790. The molecule has 4 aromatic rings. The average Bonchev–Trinajstić information content (AvgIpc) is 3.12. The Hall–Kier alpha value is -4.99. The summed E-state index contributed by atoms with van der Waals surface area (Å²) in [7, 11) is 0. The van der Waals surface area contributed by atoms with Gasteiger partial charge in [0.1, 0.15) is 30.8 Å². The van der Waals surface area contributed by atoms with E-state index in [9.17, 15) is 10.1 Å². The minimum atomic E-state index is -0.250. The van der Waals surface area contributed by atoms with Crippen LogP contribution in [-0.4, -0.2) is 66.8 Å². The van der Waals surface area contributed by atoms with Crippen LogP contribution < -0.4 is 20.5 Å². The number of aromatic nitrogens is 1. The van der Waals surface area contributed by atoms with Crippen molar-refractivity contribution in [1.82, 2.24) is 15.2 Å². The van der Waals surface area contributed by atoms with Crippen LogP contribution in [-0.2, 0) is 29.3 Å². The molecule has 12 heteroatoms. The first-order chi connectivity index (χ1) is 23.8. The molecule has 0 unspecified atom stereocenters. The summed E-state index contributed by atoms with van der Waals surface area (Å²) in [4.78, 5) is 27.7. The fourth-order valence-electron chi connectivity index (χ4n) is 5.46. The van der Waals surface area contributed by atoms with Crippen LogP contribution in [0.5, 0.6) is 11.5 Å². The summed E-state index contributed by atoms with van der Waals surface area (Å²) in [6, 6.07) is 19.5. The van der Waals surface area contributed by atoms with Crippen LogP contribution in [0.3, 0.4) is 0 Å². The summed E-state index contributed by atoms with van der Waals surface area (Å²) in [5, 5.41) is 19.9. The fraction of sp³-hybridized carbons (Fsp3) is 0.297. The number of carboxylic acid groups (broad SMARTS) is 1. The van der Waals surface area contributed by atoms with Gasteiger partial charge in [-0.2, -0.15) is 5.26 Å². The highest BCUT2D eigenvalue weighted by molar-refractivity contribution is 6.32. The lowest BCUT2D eigenvalue weighted by Crippen LogP contribution is -2.41. The molecule has 1 aliphatic rings. The number of hydrogen-bond acceptors (Lipinski definition) is 9. The van der Waals surface area contributed by atoms with Gasteiger partial charge in [-0.25, -0.2) is 0 Å². The Balaban J connectivity index is 0.00000174. The standard InChI is InChI=1S/C36H38ClN5O4.CH2O2/c1-24-28(5-3-6-30(24)31-7-4-8-32(25(31)2)36(43)42-11-13-44-14-12-42)23-46-35-17-34(29(16-33(35)37)21-40-10-9-38)45-22-27-15-26(18-39)19-41-20-27;2-1-3/h3-8,15-17,19-20,40H,9-14,21-23,38H2,1-2H3;1H,(H,2,3). The topological polar surface area (TPSA) is 160 Å². The Morgan fingerprint density at radius 1 is 1.04 bits per heavy atom. The smallest absolute Gasteiger partial charge is 0.290 e. The molecule has 1 fully saturated rings. The van der Waals surface area contributed by atoms with E-state index >= 15 is 0 Å². The van der Waals surface area contributed by atoms with Gasteiger partial charge in [0, 0.05) is 67.9 Å². The Morgan fingerprint density at radius 2 is 1.73 bits per heavy atom. The zero-order valence-corrected chi connectivity index (χ0v) is 28.3. The zero-order chi connectivity index (χ0) is 35.2. The number of nitrogens with one attached hydrogen (secondary N) is 1. The molecule has 2 heterocycles. The van der Waals surface area contributed by atoms with Gasteiger partial charge < -0.3 is 35.3 Å². The van der Waals surface area contributed by atoms with E-state index in [1.807, 2.05) is 42.2 Å². The van der Waals surface area contributed by atoms with Crippen LogP contribution in [0.15, 0.2) is 67.0 Å². The molecule has 4 N–H and O–H groups in total.